The fourth-order valence-corrected chi connectivity index (χ4v) is 4.38. The number of amides is 3. The van der Waals surface area contributed by atoms with Crippen molar-refractivity contribution < 1.29 is 19.1 Å². The van der Waals surface area contributed by atoms with E-state index in [1.165, 1.54) is 4.90 Å². The van der Waals surface area contributed by atoms with Crippen LogP contribution < -0.4 is 15.1 Å². The van der Waals surface area contributed by atoms with E-state index in [1.807, 2.05) is 24.3 Å². The summed E-state index contributed by atoms with van der Waals surface area (Å²) in [5.41, 5.74) is 2.17. The van der Waals surface area contributed by atoms with Crippen LogP contribution in [-0.4, -0.2) is 43.4 Å². The molecule has 2 aliphatic rings. The van der Waals surface area contributed by atoms with Gasteiger partial charge in [0.2, 0.25) is 11.8 Å². The van der Waals surface area contributed by atoms with Crippen molar-refractivity contribution in [3.8, 4) is 0 Å². The van der Waals surface area contributed by atoms with Crippen LogP contribution in [0.3, 0.4) is 0 Å². The van der Waals surface area contributed by atoms with Crippen LogP contribution in [0.15, 0.2) is 53.4 Å². The van der Waals surface area contributed by atoms with Crippen LogP contribution in [0.2, 0.25) is 0 Å². The number of para-hydroxylation sites is 1. The summed E-state index contributed by atoms with van der Waals surface area (Å²) >= 11 is 1.74. The average molecular weight is 411 g/mol. The van der Waals surface area contributed by atoms with Crippen LogP contribution in [0.5, 0.6) is 0 Å². The van der Waals surface area contributed by atoms with Gasteiger partial charge in [0.25, 0.3) is 0 Å². The zero-order valence-corrected chi connectivity index (χ0v) is 16.6. The lowest BCUT2D eigenvalue weighted by Gasteiger charge is -2.29. The monoisotopic (exact) mass is 411 g/mol. The molecule has 7 nitrogen and oxygen atoms in total. The maximum Gasteiger partial charge on any atom is 0.414 e. The third-order valence-electron chi connectivity index (χ3n) is 4.80. The standard InChI is InChI=1S/C21H21N3O4S/c25-19(22-15-4-3-5-16(14-15)23-10-12-28-21(23)27)8-9-20(26)24-11-13-29-18-7-2-1-6-17(18)24/h1-7,14H,8-13H2,(H,22,25). The molecule has 0 radical (unpaired) electrons. The Balaban J connectivity index is 1.34. The smallest absolute Gasteiger partial charge is 0.414 e. The molecule has 4 rings (SSSR count). The minimum atomic E-state index is -0.390. The quantitative estimate of drug-likeness (QED) is 0.815. The number of rotatable bonds is 5. The molecule has 0 saturated carbocycles. The Morgan fingerprint density at radius 1 is 1.07 bits per heavy atom. The van der Waals surface area contributed by atoms with Gasteiger partial charge in [-0.2, -0.15) is 0 Å². The number of carbonyl (C=O) groups is 3. The topological polar surface area (TPSA) is 79.0 Å². The van der Waals surface area contributed by atoms with Crippen LogP contribution >= 0.6 is 11.8 Å². The minimum Gasteiger partial charge on any atom is -0.447 e. The van der Waals surface area contributed by atoms with Crippen molar-refractivity contribution >= 4 is 46.7 Å². The molecule has 2 aromatic carbocycles. The van der Waals surface area contributed by atoms with Crippen LogP contribution in [0.1, 0.15) is 12.8 Å². The van der Waals surface area contributed by atoms with E-state index in [0.717, 1.165) is 16.3 Å². The highest BCUT2D eigenvalue weighted by molar-refractivity contribution is 7.99. The number of thioether (sulfide) groups is 1. The van der Waals surface area contributed by atoms with E-state index in [9.17, 15) is 14.4 Å². The number of nitrogens with one attached hydrogen (secondary N) is 1. The number of hydrogen-bond donors (Lipinski definition) is 1. The second-order valence-electron chi connectivity index (χ2n) is 6.73. The molecule has 1 fully saturated rings. The SMILES string of the molecule is O=C(CCC(=O)N1CCSc2ccccc21)Nc1cccc(N2CCOC2=O)c1. The van der Waals surface area contributed by atoms with Gasteiger partial charge in [-0.15, -0.1) is 11.8 Å². The summed E-state index contributed by atoms with van der Waals surface area (Å²) in [6, 6.07) is 14.9. The van der Waals surface area contributed by atoms with Gasteiger partial charge in [0.15, 0.2) is 0 Å². The summed E-state index contributed by atoms with van der Waals surface area (Å²) in [5, 5.41) is 2.81. The lowest BCUT2D eigenvalue weighted by molar-refractivity contribution is -0.122. The first kappa shape index (κ1) is 19.3. The van der Waals surface area contributed by atoms with Crippen molar-refractivity contribution in [3.05, 3.63) is 48.5 Å². The lowest BCUT2D eigenvalue weighted by Crippen LogP contribution is -2.35. The van der Waals surface area contributed by atoms with E-state index >= 15 is 0 Å². The predicted molar refractivity (Wildman–Crippen MR) is 113 cm³/mol. The third kappa shape index (κ3) is 4.37. The number of benzene rings is 2. The van der Waals surface area contributed by atoms with Gasteiger partial charge in [0, 0.05) is 41.4 Å². The van der Waals surface area contributed by atoms with Crippen molar-refractivity contribution in [2.24, 2.45) is 0 Å². The lowest BCUT2D eigenvalue weighted by atomic mass is 10.2. The first-order chi connectivity index (χ1) is 14.1. The van der Waals surface area contributed by atoms with Crippen LogP contribution in [-0.2, 0) is 14.3 Å². The highest BCUT2D eigenvalue weighted by Crippen LogP contribution is 2.34. The summed E-state index contributed by atoms with van der Waals surface area (Å²) in [6.07, 6.45) is -0.150. The van der Waals surface area contributed by atoms with Gasteiger partial charge in [-0.1, -0.05) is 18.2 Å². The molecule has 2 heterocycles. The van der Waals surface area contributed by atoms with E-state index in [-0.39, 0.29) is 30.7 Å². The fourth-order valence-electron chi connectivity index (χ4n) is 3.39. The normalized spacial score (nSPS) is 15.7. The van der Waals surface area contributed by atoms with Gasteiger partial charge < -0.3 is 15.0 Å². The summed E-state index contributed by atoms with van der Waals surface area (Å²) in [4.78, 5) is 41.1. The third-order valence-corrected chi connectivity index (χ3v) is 5.84. The van der Waals surface area contributed by atoms with Crippen molar-refractivity contribution in [2.75, 3.05) is 40.6 Å². The predicted octanol–water partition coefficient (Wildman–Crippen LogP) is 3.50. The number of nitrogens with zero attached hydrogens (tertiary/aromatic N) is 2. The number of hydrogen-bond acceptors (Lipinski definition) is 5. The molecule has 0 unspecified atom stereocenters. The molecule has 2 aliphatic heterocycles. The number of carbonyl (C=O) groups excluding carboxylic acids is 3. The van der Waals surface area contributed by atoms with Crippen molar-refractivity contribution in [1.29, 1.82) is 0 Å². The summed E-state index contributed by atoms with van der Waals surface area (Å²) in [7, 11) is 0. The summed E-state index contributed by atoms with van der Waals surface area (Å²) in [6.45, 7) is 1.49. The van der Waals surface area contributed by atoms with Crippen LogP contribution in [0.25, 0.3) is 0 Å². The first-order valence-corrected chi connectivity index (χ1v) is 10.5. The second kappa shape index (κ2) is 8.57. The van der Waals surface area contributed by atoms with Crippen LogP contribution in [0.4, 0.5) is 21.9 Å². The molecule has 3 amide bonds. The van der Waals surface area contributed by atoms with E-state index in [0.29, 0.717) is 31.1 Å². The number of cyclic esters (lactones) is 1. The Hall–Kier alpha value is -3.00. The Labute approximate surface area is 173 Å². The molecular formula is C21H21N3O4S. The van der Waals surface area contributed by atoms with Crippen molar-refractivity contribution in [2.45, 2.75) is 17.7 Å². The number of fused-ring (bicyclic) bond motifs is 1. The van der Waals surface area contributed by atoms with E-state index in [1.54, 1.807) is 40.9 Å². The largest absolute Gasteiger partial charge is 0.447 e. The molecule has 1 saturated heterocycles. The van der Waals surface area contributed by atoms with Crippen molar-refractivity contribution in [3.63, 3.8) is 0 Å². The van der Waals surface area contributed by atoms with E-state index < -0.39 is 0 Å². The Kier molecular flexibility index (Phi) is 5.71. The zero-order valence-electron chi connectivity index (χ0n) is 15.8. The zero-order chi connectivity index (χ0) is 20.2. The van der Waals surface area contributed by atoms with Crippen molar-refractivity contribution in [1.82, 2.24) is 0 Å². The molecule has 0 atom stereocenters. The van der Waals surface area contributed by atoms with Gasteiger partial charge >= 0.3 is 6.09 Å². The Morgan fingerprint density at radius 2 is 1.93 bits per heavy atom. The van der Waals surface area contributed by atoms with Gasteiger partial charge in [0.05, 0.1) is 12.2 Å². The maximum atomic E-state index is 12.7. The van der Waals surface area contributed by atoms with E-state index in [2.05, 4.69) is 5.32 Å². The minimum absolute atomic E-state index is 0.0542. The average Bonchev–Trinajstić information content (AvgIpc) is 3.17. The molecule has 150 valence electrons. The molecule has 1 N–H and O–H groups in total. The summed E-state index contributed by atoms with van der Waals surface area (Å²) in [5.74, 6) is 0.557. The molecule has 0 bridgehead atoms. The highest BCUT2D eigenvalue weighted by atomic mass is 32.2. The van der Waals surface area contributed by atoms with Gasteiger partial charge in [-0.3, -0.25) is 14.5 Å². The van der Waals surface area contributed by atoms with Crippen LogP contribution in [0, 0.1) is 0 Å². The summed E-state index contributed by atoms with van der Waals surface area (Å²) < 4.78 is 4.94. The molecule has 0 spiro atoms. The van der Waals surface area contributed by atoms with Gasteiger partial charge in [0.1, 0.15) is 6.61 Å². The fraction of sp³-hybridized carbons (Fsp3) is 0.286. The Morgan fingerprint density at radius 3 is 2.76 bits per heavy atom. The number of anilines is 3. The van der Waals surface area contributed by atoms with Gasteiger partial charge in [-0.05, 0) is 30.3 Å². The molecule has 0 aliphatic carbocycles. The molecule has 29 heavy (non-hydrogen) atoms. The molecule has 2 aromatic rings. The molecule has 8 heteroatoms. The Bertz CT molecular complexity index is 949. The van der Waals surface area contributed by atoms with E-state index in [4.69, 9.17) is 4.74 Å². The second-order valence-corrected chi connectivity index (χ2v) is 7.86. The first-order valence-electron chi connectivity index (χ1n) is 9.48. The number of ether oxygens (including phenoxy) is 1. The maximum absolute atomic E-state index is 12.7. The molecule has 0 aromatic heterocycles. The molecular weight excluding hydrogens is 390 g/mol. The highest BCUT2D eigenvalue weighted by Gasteiger charge is 2.24. The van der Waals surface area contributed by atoms with Gasteiger partial charge in [-0.25, -0.2) is 4.79 Å².